The summed E-state index contributed by atoms with van der Waals surface area (Å²) in [6.45, 7) is 0. The fourth-order valence-corrected chi connectivity index (χ4v) is 3.73. The van der Waals surface area contributed by atoms with Crippen LogP contribution in [0.5, 0.6) is 11.5 Å². The van der Waals surface area contributed by atoms with Crippen LogP contribution in [0.15, 0.2) is 24.3 Å². The maximum Gasteiger partial charge on any atom is 0.250 e. The number of aromatic nitrogens is 1. The fourth-order valence-electron chi connectivity index (χ4n) is 2.68. The van der Waals surface area contributed by atoms with Crippen molar-refractivity contribution in [3.63, 3.8) is 0 Å². The molecule has 0 bridgehead atoms. The molecule has 0 atom stereocenters. The topological polar surface area (TPSA) is 60.5 Å². The summed E-state index contributed by atoms with van der Waals surface area (Å²) in [5.74, 6) is 1.11. The third kappa shape index (κ3) is 3.76. The summed E-state index contributed by atoms with van der Waals surface area (Å²) in [6.07, 6.45) is 7.73. The molecule has 1 heterocycles. The lowest BCUT2D eigenvalue weighted by Crippen LogP contribution is -2.07. The number of nitrogens with zero attached hydrogens (tertiary/aromatic N) is 1. The highest BCUT2D eigenvalue weighted by Gasteiger charge is 2.15. The first-order valence-corrected chi connectivity index (χ1v) is 8.71. The number of methoxy groups -OCH3 is 2. The molecule has 3 rings (SSSR count). The first-order valence-electron chi connectivity index (χ1n) is 7.89. The van der Waals surface area contributed by atoms with Crippen LogP contribution < -0.4 is 14.8 Å². The van der Waals surface area contributed by atoms with Crippen molar-refractivity contribution in [2.24, 2.45) is 0 Å². The number of anilines is 1. The summed E-state index contributed by atoms with van der Waals surface area (Å²) in [5.41, 5.74) is 2.01. The normalized spacial score (nSPS) is 13.6. The van der Waals surface area contributed by atoms with Gasteiger partial charge in [-0.1, -0.05) is 6.07 Å². The molecular formula is C18H20N2O3S. The van der Waals surface area contributed by atoms with Gasteiger partial charge in [-0.3, -0.25) is 10.1 Å². The summed E-state index contributed by atoms with van der Waals surface area (Å²) in [7, 11) is 3.18. The van der Waals surface area contributed by atoms with Gasteiger partial charge in [0.05, 0.1) is 19.9 Å². The maximum absolute atomic E-state index is 12.1. The minimum Gasteiger partial charge on any atom is -0.493 e. The van der Waals surface area contributed by atoms with Crippen molar-refractivity contribution in [3.05, 3.63) is 40.4 Å². The number of amides is 1. The van der Waals surface area contributed by atoms with E-state index in [1.807, 2.05) is 18.2 Å². The van der Waals surface area contributed by atoms with E-state index in [4.69, 9.17) is 9.47 Å². The summed E-state index contributed by atoms with van der Waals surface area (Å²) < 4.78 is 10.5. The molecule has 2 aromatic rings. The molecule has 0 fully saturated rings. The Morgan fingerprint density at radius 1 is 1.21 bits per heavy atom. The van der Waals surface area contributed by atoms with Gasteiger partial charge in [0.1, 0.15) is 0 Å². The highest BCUT2D eigenvalue weighted by Crippen LogP contribution is 2.30. The Morgan fingerprint density at radius 3 is 2.75 bits per heavy atom. The molecule has 0 unspecified atom stereocenters. The molecule has 0 saturated carbocycles. The number of benzene rings is 1. The number of nitrogens with one attached hydrogen (secondary N) is 1. The summed E-state index contributed by atoms with van der Waals surface area (Å²) in [5, 5.41) is 3.53. The molecule has 6 heteroatoms. The zero-order valence-corrected chi connectivity index (χ0v) is 14.6. The largest absolute Gasteiger partial charge is 0.493 e. The lowest BCUT2D eigenvalue weighted by Gasteiger charge is -2.07. The molecule has 1 aliphatic rings. The minimum atomic E-state index is -0.184. The van der Waals surface area contributed by atoms with Gasteiger partial charge in [-0.15, -0.1) is 11.3 Å². The number of hydrogen-bond donors (Lipinski definition) is 1. The number of fused-ring (bicyclic) bond motifs is 1. The van der Waals surface area contributed by atoms with Gasteiger partial charge < -0.3 is 9.47 Å². The third-order valence-corrected chi connectivity index (χ3v) is 4.98. The van der Waals surface area contributed by atoms with Crippen molar-refractivity contribution < 1.29 is 14.3 Å². The molecule has 0 spiro atoms. The van der Waals surface area contributed by atoms with Crippen molar-refractivity contribution >= 4 is 28.5 Å². The zero-order chi connectivity index (χ0) is 16.9. The predicted octanol–water partition coefficient (Wildman–Crippen LogP) is 3.69. The highest BCUT2D eigenvalue weighted by atomic mass is 32.1. The first-order chi connectivity index (χ1) is 11.7. The fraction of sp³-hybridized carbons (Fsp3) is 0.333. The van der Waals surface area contributed by atoms with E-state index in [-0.39, 0.29) is 5.91 Å². The second-order valence-corrected chi connectivity index (χ2v) is 6.62. The second-order valence-electron chi connectivity index (χ2n) is 5.53. The summed E-state index contributed by atoms with van der Waals surface area (Å²) in [4.78, 5) is 17.9. The lowest BCUT2D eigenvalue weighted by molar-refractivity contribution is -0.111. The number of ether oxygens (including phenoxy) is 2. The Labute approximate surface area is 145 Å². The first kappa shape index (κ1) is 16.5. The Bertz CT molecular complexity index is 744. The minimum absolute atomic E-state index is 0.184. The molecule has 0 saturated heterocycles. The van der Waals surface area contributed by atoms with Crippen molar-refractivity contribution in [2.45, 2.75) is 25.7 Å². The van der Waals surface area contributed by atoms with Crippen LogP contribution in [-0.2, 0) is 17.6 Å². The molecular weight excluding hydrogens is 324 g/mol. The smallest absolute Gasteiger partial charge is 0.250 e. The van der Waals surface area contributed by atoms with E-state index in [2.05, 4.69) is 10.3 Å². The van der Waals surface area contributed by atoms with E-state index in [1.54, 1.807) is 31.6 Å². The highest BCUT2D eigenvalue weighted by molar-refractivity contribution is 7.15. The van der Waals surface area contributed by atoms with Gasteiger partial charge in [-0.2, -0.15) is 0 Å². The van der Waals surface area contributed by atoms with E-state index < -0.39 is 0 Å². The van der Waals surface area contributed by atoms with Gasteiger partial charge in [-0.25, -0.2) is 4.98 Å². The second kappa shape index (κ2) is 7.49. The van der Waals surface area contributed by atoms with Crippen LogP contribution in [0.2, 0.25) is 0 Å². The van der Waals surface area contributed by atoms with Gasteiger partial charge >= 0.3 is 0 Å². The molecule has 1 aromatic heterocycles. The van der Waals surface area contributed by atoms with Crippen molar-refractivity contribution in [2.75, 3.05) is 19.5 Å². The van der Waals surface area contributed by atoms with E-state index >= 15 is 0 Å². The monoisotopic (exact) mass is 344 g/mol. The zero-order valence-electron chi connectivity index (χ0n) is 13.8. The third-order valence-electron chi connectivity index (χ3n) is 3.91. The Balaban J connectivity index is 1.66. The summed E-state index contributed by atoms with van der Waals surface area (Å²) in [6, 6.07) is 5.50. The molecule has 1 aliphatic carbocycles. The number of carbonyl (C=O) groups excluding carboxylic acids is 1. The molecule has 126 valence electrons. The molecule has 1 N–H and O–H groups in total. The Kier molecular flexibility index (Phi) is 5.15. The van der Waals surface area contributed by atoms with E-state index in [0.717, 1.165) is 24.1 Å². The number of rotatable bonds is 5. The molecule has 5 nitrogen and oxygen atoms in total. The van der Waals surface area contributed by atoms with Crippen LogP contribution in [0.1, 0.15) is 29.0 Å². The Hall–Kier alpha value is -2.34. The van der Waals surface area contributed by atoms with Crippen LogP contribution in [0.25, 0.3) is 6.08 Å². The van der Waals surface area contributed by atoms with Gasteiger partial charge in [-0.05, 0) is 49.5 Å². The van der Waals surface area contributed by atoms with Crippen molar-refractivity contribution in [3.8, 4) is 11.5 Å². The van der Waals surface area contributed by atoms with Crippen LogP contribution in [0, 0.1) is 0 Å². The van der Waals surface area contributed by atoms with Crippen molar-refractivity contribution in [1.82, 2.24) is 4.98 Å². The predicted molar refractivity (Wildman–Crippen MR) is 96.0 cm³/mol. The van der Waals surface area contributed by atoms with E-state index in [1.165, 1.54) is 23.8 Å². The maximum atomic E-state index is 12.1. The van der Waals surface area contributed by atoms with Crippen molar-refractivity contribution in [1.29, 1.82) is 0 Å². The SMILES string of the molecule is COc1ccc(C=CC(=O)Nc2nc3c(s2)CCCC3)cc1OC. The van der Waals surface area contributed by atoms with Crippen LogP contribution in [0.3, 0.4) is 0 Å². The van der Waals surface area contributed by atoms with E-state index in [9.17, 15) is 4.79 Å². The average Bonchev–Trinajstić information content (AvgIpc) is 3.01. The van der Waals surface area contributed by atoms with Gasteiger partial charge in [0.15, 0.2) is 16.6 Å². The molecule has 24 heavy (non-hydrogen) atoms. The van der Waals surface area contributed by atoms with Gasteiger partial charge in [0.25, 0.3) is 0 Å². The van der Waals surface area contributed by atoms with Crippen LogP contribution in [0.4, 0.5) is 5.13 Å². The van der Waals surface area contributed by atoms with Gasteiger partial charge in [0, 0.05) is 11.0 Å². The van der Waals surface area contributed by atoms with Gasteiger partial charge in [0.2, 0.25) is 5.91 Å². The standard InChI is InChI=1S/C18H20N2O3S/c1-22-14-9-7-12(11-15(14)23-2)8-10-17(21)20-18-19-13-5-3-4-6-16(13)24-18/h7-11H,3-6H2,1-2H3,(H,19,20,21). The number of thiazole rings is 1. The number of hydrogen-bond acceptors (Lipinski definition) is 5. The Morgan fingerprint density at radius 2 is 2.00 bits per heavy atom. The number of aryl methyl sites for hydroxylation is 2. The molecule has 0 radical (unpaired) electrons. The molecule has 1 aromatic carbocycles. The van der Waals surface area contributed by atoms with Crippen LogP contribution >= 0.6 is 11.3 Å². The van der Waals surface area contributed by atoms with Crippen LogP contribution in [-0.4, -0.2) is 25.1 Å². The molecule has 1 amide bonds. The lowest BCUT2D eigenvalue weighted by atomic mass is 10.0. The average molecular weight is 344 g/mol. The quantitative estimate of drug-likeness (QED) is 0.841. The number of carbonyl (C=O) groups is 1. The molecule has 0 aliphatic heterocycles. The summed E-state index contributed by atoms with van der Waals surface area (Å²) >= 11 is 1.58. The van der Waals surface area contributed by atoms with E-state index in [0.29, 0.717) is 16.6 Å².